The molecule has 0 unspecified atom stereocenters. The summed E-state index contributed by atoms with van der Waals surface area (Å²) in [6.07, 6.45) is 3.84. The number of H-pyrrole nitrogens is 1. The molecule has 0 spiro atoms. The van der Waals surface area contributed by atoms with E-state index in [1.165, 1.54) is 24.3 Å². The molecule has 4 N–H and O–H groups in total. The lowest BCUT2D eigenvalue weighted by Gasteiger charge is -2.22. The van der Waals surface area contributed by atoms with Gasteiger partial charge in [0.25, 0.3) is 11.5 Å². The quantitative estimate of drug-likeness (QED) is 0.110. The Labute approximate surface area is 245 Å². The molecule has 11 nitrogen and oxygen atoms in total. The number of amides is 1. The first-order chi connectivity index (χ1) is 21.0. The van der Waals surface area contributed by atoms with Gasteiger partial charge in [-0.05, 0) is 48.4 Å². The molecule has 0 aliphatic heterocycles. The van der Waals surface area contributed by atoms with Crippen molar-refractivity contribution in [2.24, 2.45) is 0 Å². The number of ketones is 1. The summed E-state index contributed by atoms with van der Waals surface area (Å²) in [5, 5.41) is 12.7. The van der Waals surface area contributed by atoms with Crippen LogP contribution in [0.3, 0.4) is 0 Å². The number of hydrogen-bond donors (Lipinski definition) is 4. The Kier molecular flexibility index (Phi) is 7.46. The molecule has 214 valence electrons. The van der Waals surface area contributed by atoms with Gasteiger partial charge in [0.2, 0.25) is 0 Å². The fourth-order valence-electron chi connectivity index (χ4n) is 5.16. The third kappa shape index (κ3) is 5.24. The number of carbonyl (C=O) groups is 2. The van der Waals surface area contributed by atoms with Crippen molar-refractivity contribution < 1.29 is 14.8 Å². The van der Waals surface area contributed by atoms with Crippen LogP contribution in [0.2, 0.25) is 0 Å². The van der Waals surface area contributed by atoms with Gasteiger partial charge in [0.05, 0.1) is 34.5 Å². The SMILES string of the molecule is CC[C@H](Nc1nccc2[nH]cnc12)c1nc2cccc(CC(=O)c3ccc(C(=O)NO)cc3)c2c(=O)n1-c1ccccc1. The summed E-state index contributed by atoms with van der Waals surface area (Å²) >= 11 is 0. The van der Waals surface area contributed by atoms with Crippen LogP contribution >= 0.6 is 0 Å². The molecule has 0 fully saturated rings. The van der Waals surface area contributed by atoms with Gasteiger partial charge in [-0.1, -0.05) is 49.4 Å². The molecule has 1 amide bonds. The average molecular weight is 574 g/mol. The molecule has 3 aromatic carbocycles. The Morgan fingerprint density at radius 2 is 1.72 bits per heavy atom. The first-order valence-electron chi connectivity index (χ1n) is 13.7. The zero-order chi connectivity index (χ0) is 29.9. The Hall–Kier alpha value is -5.68. The van der Waals surface area contributed by atoms with Crippen molar-refractivity contribution in [1.82, 2.24) is 30.0 Å². The van der Waals surface area contributed by atoms with E-state index >= 15 is 0 Å². The van der Waals surface area contributed by atoms with E-state index in [1.54, 1.807) is 40.8 Å². The predicted molar refractivity (Wildman–Crippen MR) is 162 cm³/mol. The molecule has 6 aromatic rings. The van der Waals surface area contributed by atoms with Crippen LogP contribution in [0.25, 0.3) is 27.6 Å². The normalized spacial score (nSPS) is 11.9. The third-order valence-electron chi connectivity index (χ3n) is 7.31. The molecule has 0 aliphatic rings. The van der Waals surface area contributed by atoms with Crippen LogP contribution in [-0.2, 0) is 6.42 Å². The van der Waals surface area contributed by atoms with Gasteiger partial charge >= 0.3 is 0 Å². The minimum Gasteiger partial charge on any atom is -0.358 e. The fourth-order valence-corrected chi connectivity index (χ4v) is 5.16. The molecule has 0 bridgehead atoms. The monoisotopic (exact) mass is 573 g/mol. The Balaban J connectivity index is 1.45. The smallest absolute Gasteiger partial charge is 0.274 e. The minimum absolute atomic E-state index is 0.0472. The largest absolute Gasteiger partial charge is 0.358 e. The number of para-hydroxylation sites is 1. The summed E-state index contributed by atoms with van der Waals surface area (Å²) in [7, 11) is 0. The second-order valence-electron chi connectivity index (χ2n) is 9.94. The second kappa shape index (κ2) is 11.7. The number of anilines is 1. The van der Waals surface area contributed by atoms with Gasteiger partial charge in [0, 0.05) is 23.7 Å². The molecule has 0 aliphatic carbocycles. The Morgan fingerprint density at radius 3 is 2.47 bits per heavy atom. The van der Waals surface area contributed by atoms with E-state index in [-0.39, 0.29) is 23.3 Å². The summed E-state index contributed by atoms with van der Waals surface area (Å²) in [5.41, 5.74) is 5.02. The van der Waals surface area contributed by atoms with E-state index in [0.29, 0.717) is 51.3 Å². The van der Waals surface area contributed by atoms with Crippen molar-refractivity contribution in [3.63, 3.8) is 0 Å². The highest BCUT2D eigenvalue weighted by Crippen LogP contribution is 2.27. The van der Waals surface area contributed by atoms with E-state index < -0.39 is 11.9 Å². The summed E-state index contributed by atoms with van der Waals surface area (Å²) in [5.74, 6) is 0.167. The number of nitrogens with one attached hydrogen (secondary N) is 3. The number of nitrogens with zero attached hydrogens (tertiary/aromatic N) is 4. The first kappa shape index (κ1) is 27.5. The molecular weight excluding hydrogens is 546 g/mol. The number of aromatic nitrogens is 5. The van der Waals surface area contributed by atoms with E-state index in [2.05, 4.69) is 20.3 Å². The summed E-state index contributed by atoms with van der Waals surface area (Å²) in [4.78, 5) is 56.3. The molecular formula is C32H27N7O4. The Bertz CT molecular complexity index is 2020. The Morgan fingerprint density at radius 1 is 0.953 bits per heavy atom. The fraction of sp³-hybridized carbons (Fsp3) is 0.125. The van der Waals surface area contributed by atoms with Gasteiger partial charge in [0.1, 0.15) is 11.3 Å². The highest BCUT2D eigenvalue weighted by molar-refractivity contribution is 6.01. The maximum atomic E-state index is 14.4. The van der Waals surface area contributed by atoms with E-state index in [1.807, 2.05) is 43.3 Å². The number of aromatic amines is 1. The zero-order valence-electron chi connectivity index (χ0n) is 23.1. The van der Waals surface area contributed by atoms with Crippen molar-refractivity contribution in [1.29, 1.82) is 0 Å². The minimum atomic E-state index is -0.673. The molecule has 1 atom stereocenters. The number of imidazole rings is 1. The van der Waals surface area contributed by atoms with Crippen LogP contribution < -0.4 is 16.4 Å². The van der Waals surface area contributed by atoms with E-state index in [0.717, 1.165) is 5.52 Å². The van der Waals surface area contributed by atoms with Crippen LogP contribution in [0.15, 0.2) is 96.2 Å². The lowest BCUT2D eigenvalue weighted by molar-refractivity contribution is 0.0706. The van der Waals surface area contributed by atoms with Gasteiger partial charge < -0.3 is 10.3 Å². The number of hydroxylamine groups is 1. The molecule has 6 rings (SSSR count). The number of fused-ring (bicyclic) bond motifs is 2. The van der Waals surface area contributed by atoms with E-state index in [9.17, 15) is 14.4 Å². The van der Waals surface area contributed by atoms with Crippen molar-refractivity contribution >= 4 is 39.4 Å². The van der Waals surface area contributed by atoms with Gasteiger partial charge in [-0.2, -0.15) is 0 Å². The molecule has 43 heavy (non-hydrogen) atoms. The maximum Gasteiger partial charge on any atom is 0.274 e. The first-order valence-corrected chi connectivity index (χ1v) is 13.7. The van der Waals surface area contributed by atoms with Crippen LogP contribution in [0.5, 0.6) is 0 Å². The second-order valence-corrected chi connectivity index (χ2v) is 9.94. The lowest BCUT2D eigenvalue weighted by atomic mass is 9.99. The number of Topliss-reactive ketones (excluding diaryl/α,β-unsaturated/α-hetero) is 1. The topological polar surface area (TPSA) is 155 Å². The molecule has 0 saturated carbocycles. The standard InChI is InChI=1S/C32H27N7O4/c1-2-23(36-29-28-25(15-16-33-29)34-18-35-28)30-37-24-10-6-7-21(27(24)32(42)39(30)22-8-4-3-5-9-22)17-26(40)19-11-13-20(14-12-19)31(41)38-43/h3-16,18,23,43H,2,17H2,1H3,(H,33,36)(H,34,35)(H,38,41)/t23-/m0/s1. The zero-order valence-corrected chi connectivity index (χ0v) is 23.1. The number of hydrogen-bond acceptors (Lipinski definition) is 8. The molecule has 3 heterocycles. The van der Waals surface area contributed by atoms with Crippen LogP contribution in [0, 0.1) is 0 Å². The lowest BCUT2D eigenvalue weighted by Crippen LogP contribution is -2.29. The number of rotatable bonds is 9. The van der Waals surface area contributed by atoms with Gasteiger partial charge in [-0.3, -0.25) is 24.2 Å². The predicted octanol–water partition coefficient (Wildman–Crippen LogP) is 4.76. The maximum absolute atomic E-state index is 14.4. The summed E-state index contributed by atoms with van der Waals surface area (Å²) in [6.45, 7) is 2.00. The number of carbonyl (C=O) groups excluding carboxylic acids is 2. The van der Waals surface area contributed by atoms with Crippen LogP contribution in [-0.4, -0.2) is 41.4 Å². The molecule has 11 heteroatoms. The van der Waals surface area contributed by atoms with Crippen molar-refractivity contribution in [3.8, 4) is 5.69 Å². The molecule has 3 aromatic heterocycles. The summed E-state index contributed by atoms with van der Waals surface area (Å²) < 4.78 is 1.59. The summed E-state index contributed by atoms with van der Waals surface area (Å²) in [6, 6.07) is 22.0. The van der Waals surface area contributed by atoms with Crippen molar-refractivity contribution in [2.45, 2.75) is 25.8 Å². The molecule has 0 radical (unpaired) electrons. The average Bonchev–Trinajstić information content (AvgIpc) is 3.53. The van der Waals surface area contributed by atoms with Gasteiger partial charge in [0.15, 0.2) is 11.6 Å². The van der Waals surface area contributed by atoms with Gasteiger partial charge in [-0.15, -0.1) is 0 Å². The van der Waals surface area contributed by atoms with Crippen LogP contribution in [0.1, 0.15) is 51.5 Å². The van der Waals surface area contributed by atoms with Crippen molar-refractivity contribution in [2.75, 3.05) is 5.32 Å². The third-order valence-corrected chi connectivity index (χ3v) is 7.31. The van der Waals surface area contributed by atoms with Gasteiger partial charge in [-0.25, -0.2) is 20.4 Å². The highest BCUT2D eigenvalue weighted by Gasteiger charge is 2.23. The highest BCUT2D eigenvalue weighted by atomic mass is 16.5. The van der Waals surface area contributed by atoms with Crippen molar-refractivity contribution in [3.05, 3.63) is 124 Å². The molecule has 0 saturated heterocycles. The number of pyridine rings is 1. The van der Waals surface area contributed by atoms with Crippen LogP contribution in [0.4, 0.5) is 5.82 Å². The number of benzene rings is 3. The van der Waals surface area contributed by atoms with E-state index in [4.69, 9.17) is 10.2 Å².